The number of hydrogen-bond donors (Lipinski definition) is 1. The van der Waals surface area contributed by atoms with Crippen molar-refractivity contribution < 1.29 is 9.18 Å². The molecule has 0 radical (unpaired) electrons. The number of hydrogen-bond acceptors (Lipinski definition) is 6. The van der Waals surface area contributed by atoms with Gasteiger partial charge in [0.1, 0.15) is 22.7 Å². The molecule has 0 unspecified atom stereocenters. The maximum atomic E-state index is 13.2. The van der Waals surface area contributed by atoms with Crippen LogP contribution < -0.4 is 5.32 Å². The summed E-state index contributed by atoms with van der Waals surface area (Å²) in [5.74, 6) is -0.232. The van der Waals surface area contributed by atoms with Crippen molar-refractivity contribution in [1.29, 1.82) is 5.26 Å². The fourth-order valence-corrected chi connectivity index (χ4v) is 5.55. The zero-order valence-corrected chi connectivity index (χ0v) is 17.3. The first-order valence-corrected chi connectivity index (χ1v) is 11.2. The molecular formula is C21H19FN4OS2. The van der Waals surface area contributed by atoms with Crippen molar-refractivity contribution in [2.24, 2.45) is 0 Å². The highest BCUT2D eigenvalue weighted by atomic mass is 32.2. The Balaban J connectivity index is 1.49. The van der Waals surface area contributed by atoms with Crippen LogP contribution in [0.1, 0.15) is 32.1 Å². The third-order valence-electron chi connectivity index (χ3n) is 5.05. The monoisotopic (exact) mass is 426 g/mol. The molecule has 1 aromatic carbocycles. The lowest BCUT2D eigenvalue weighted by molar-refractivity contribution is -0.120. The molecule has 1 N–H and O–H groups in total. The van der Waals surface area contributed by atoms with E-state index in [1.165, 1.54) is 41.6 Å². The number of amides is 1. The molecule has 8 heteroatoms. The van der Waals surface area contributed by atoms with Gasteiger partial charge in [0.15, 0.2) is 0 Å². The summed E-state index contributed by atoms with van der Waals surface area (Å²) in [7, 11) is 0. The predicted molar refractivity (Wildman–Crippen MR) is 113 cm³/mol. The Morgan fingerprint density at radius 2 is 2.00 bits per heavy atom. The molecule has 0 aliphatic heterocycles. The largest absolute Gasteiger partial charge is 0.337 e. The highest BCUT2D eigenvalue weighted by molar-refractivity contribution is 8.00. The Morgan fingerprint density at radius 3 is 2.72 bits per heavy atom. The fraction of sp³-hybridized carbons (Fsp3) is 0.333. The van der Waals surface area contributed by atoms with E-state index in [0.29, 0.717) is 12.8 Å². The van der Waals surface area contributed by atoms with Crippen LogP contribution in [0.25, 0.3) is 20.7 Å². The molecule has 29 heavy (non-hydrogen) atoms. The third-order valence-corrected chi connectivity index (χ3v) is 7.35. The van der Waals surface area contributed by atoms with Gasteiger partial charge in [0.25, 0.3) is 0 Å². The van der Waals surface area contributed by atoms with Crippen molar-refractivity contribution in [3.8, 4) is 16.5 Å². The van der Waals surface area contributed by atoms with Crippen LogP contribution in [0.3, 0.4) is 0 Å². The summed E-state index contributed by atoms with van der Waals surface area (Å²) in [6, 6.07) is 10.6. The van der Waals surface area contributed by atoms with Crippen LogP contribution in [0, 0.1) is 17.1 Å². The summed E-state index contributed by atoms with van der Waals surface area (Å²) in [5, 5.41) is 13.2. The summed E-state index contributed by atoms with van der Waals surface area (Å²) >= 11 is 2.87. The number of nitrogens with zero attached hydrogens (tertiary/aromatic N) is 3. The summed E-state index contributed by atoms with van der Waals surface area (Å²) in [6.45, 7) is 0. The Morgan fingerprint density at radius 1 is 1.24 bits per heavy atom. The van der Waals surface area contributed by atoms with Gasteiger partial charge in [-0.15, -0.1) is 11.3 Å². The zero-order chi connectivity index (χ0) is 20.3. The Kier molecular flexibility index (Phi) is 5.79. The number of carbonyl (C=O) groups excluding carboxylic acids is 1. The molecule has 0 atom stereocenters. The molecule has 1 amide bonds. The van der Waals surface area contributed by atoms with Gasteiger partial charge in [0.05, 0.1) is 22.0 Å². The van der Waals surface area contributed by atoms with Crippen molar-refractivity contribution in [3.05, 3.63) is 42.5 Å². The van der Waals surface area contributed by atoms with Crippen molar-refractivity contribution in [2.45, 2.75) is 42.7 Å². The highest BCUT2D eigenvalue weighted by Gasteiger charge is 2.33. The second kappa shape index (κ2) is 8.47. The predicted octanol–water partition coefficient (Wildman–Crippen LogP) is 4.93. The molecule has 2 aromatic heterocycles. The number of fused-ring (bicyclic) bond motifs is 1. The van der Waals surface area contributed by atoms with Gasteiger partial charge >= 0.3 is 0 Å². The quantitative estimate of drug-likeness (QED) is 0.462. The summed E-state index contributed by atoms with van der Waals surface area (Å²) in [4.78, 5) is 22.1. The van der Waals surface area contributed by atoms with Crippen LogP contribution >= 0.6 is 23.1 Å². The topological polar surface area (TPSA) is 78.7 Å². The van der Waals surface area contributed by atoms with Crippen LogP contribution in [0.5, 0.6) is 0 Å². The third kappa shape index (κ3) is 4.41. The number of nitrogens with one attached hydrogen (secondary N) is 1. The molecule has 0 spiro atoms. The summed E-state index contributed by atoms with van der Waals surface area (Å²) in [5.41, 5.74) is 0.986. The zero-order valence-electron chi connectivity index (χ0n) is 15.7. The first-order valence-electron chi connectivity index (χ1n) is 9.44. The number of carbonyl (C=O) groups is 1. The minimum Gasteiger partial charge on any atom is -0.337 e. The van der Waals surface area contributed by atoms with Crippen LogP contribution in [0.2, 0.25) is 0 Å². The lowest BCUT2D eigenvalue weighted by Crippen LogP contribution is -2.49. The van der Waals surface area contributed by atoms with Crippen molar-refractivity contribution in [2.75, 3.05) is 5.75 Å². The number of benzene rings is 1. The van der Waals surface area contributed by atoms with Crippen molar-refractivity contribution in [3.63, 3.8) is 0 Å². The lowest BCUT2D eigenvalue weighted by atomic mass is 9.83. The van der Waals surface area contributed by atoms with Gasteiger partial charge in [-0.3, -0.25) is 4.79 Å². The highest BCUT2D eigenvalue weighted by Crippen LogP contribution is 2.37. The van der Waals surface area contributed by atoms with Gasteiger partial charge < -0.3 is 5.32 Å². The smallest absolute Gasteiger partial charge is 0.231 e. The minimum absolute atomic E-state index is 0.152. The van der Waals surface area contributed by atoms with E-state index in [2.05, 4.69) is 21.4 Å². The van der Waals surface area contributed by atoms with E-state index in [1.807, 2.05) is 6.07 Å². The summed E-state index contributed by atoms with van der Waals surface area (Å²) < 4.78 is 14.1. The second-order valence-electron chi connectivity index (χ2n) is 7.10. The maximum absolute atomic E-state index is 13.2. The molecule has 1 fully saturated rings. The van der Waals surface area contributed by atoms with Gasteiger partial charge in [-0.1, -0.05) is 43.2 Å². The normalized spacial score (nSPS) is 15.7. The van der Waals surface area contributed by atoms with Crippen LogP contribution in [0.4, 0.5) is 4.39 Å². The van der Waals surface area contributed by atoms with E-state index < -0.39 is 5.54 Å². The second-order valence-corrected chi connectivity index (χ2v) is 9.12. The molecular weight excluding hydrogens is 407 g/mol. The van der Waals surface area contributed by atoms with Crippen molar-refractivity contribution in [1.82, 2.24) is 15.3 Å². The van der Waals surface area contributed by atoms with Gasteiger partial charge in [-0.05, 0) is 36.6 Å². The molecule has 5 nitrogen and oxygen atoms in total. The molecule has 148 valence electrons. The number of thiophene rings is 1. The standard InChI is InChI=1S/C21H19FN4OS2/c22-15-6-4-14(5-7-15)17-10-16-19(29-17)20(25-13-24-16)28-11-18(27)26-21(12-23)8-2-1-3-9-21/h4-7,10,13H,1-3,8-9,11H2,(H,26,27). The number of thioether (sulfide) groups is 1. The molecule has 1 aliphatic rings. The molecule has 1 saturated carbocycles. The molecule has 2 heterocycles. The van der Waals surface area contributed by atoms with E-state index >= 15 is 0 Å². The van der Waals surface area contributed by atoms with E-state index in [0.717, 1.165) is 44.9 Å². The molecule has 4 rings (SSSR count). The van der Waals surface area contributed by atoms with Gasteiger partial charge in [0.2, 0.25) is 5.91 Å². The molecule has 0 saturated heterocycles. The molecule has 3 aromatic rings. The summed E-state index contributed by atoms with van der Waals surface area (Å²) in [6.07, 6.45) is 5.96. The van der Waals surface area contributed by atoms with Gasteiger partial charge in [-0.2, -0.15) is 5.26 Å². The number of rotatable bonds is 5. The fourth-order valence-electron chi connectivity index (χ4n) is 3.55. The Hall–Kier alpha value is -2.50. The maximum Gasteiger partial charge on any atom is 0.231 e. The van der Waals surface area contributed by atoms with E-state index in [-0.39, 0.29) is 17.5 Å². The number of halogens is 1. The minimum atomic E-state index is -0.727. The van der Waals surface area contributed by atoms with Gasteiger partial charge in [0, 0.05) is 4.88 Å². The SMILES string of the molecule is N#CC1(NC(=O)CSc2ncnc3cc(-c4ccc(F)cc4)sc23)CCCCC1. The van der Waals surface area contributed by atoms with E-state index in [4.69, 9.17) is 0 Å². The van der Waals surface area contributed by atoms with Crippen LogP contribution in [-0.4, -0.2) is 27.2 Å². The van der Waals surface area contributed by atoms with Gasteiger partial charge in [-0.25, -0.2) is 14.4 Å². The Bertz CT molecular complexity index is 1070. The van der Waals surface area contributed by atoms with Crippen LogP contribution in [-0.2, 0) is 4.79 Å². The van der Waals surface area contributed by atoms with Crippen LogP contribution in [0.15, 0.2) is 41.7 Å². The van der Waals surface area contributed by atoms with E-state index in [9.17, 15) is 14.4 Å². The lowest BCUT2D eigenvalue weighted by Gasteiger charge is -2.31. The van der Waals surface area contributed by atoms with E-state index in [1.54, 1.807) is 12.1 Å². The Labute approximate surface area is 176 Å². The first-order chi connectivity index (χ1) is 14.1. The number of nitriles is 1. The number of aromatic nitrogens is 2. The molecule has 1 aliphatic carbocycles. The first kappa shape index (κ1) is 19.8. The van der Waals surface area contributed by atoms with Crippen molar-refractivity contribution >= 4 is 39.2 Å². The average Bonchev–Trinajstić information content (AvgIpc) is 3.18. The average molecular weight is 427 g/mol. The molecule has 0 bridgehead atoms.